The van der Waals surface area contributed by atoms with Crippen molar-refractivity contribution in [3.05, 3.63) is 47.9 Å². The molecule has 5 nitrogen and oxygen atoms in total. The van der Waals surface area contributed by atoms with Crippen LogP contribution in [0.25, 0.3) is 21.8 Å². The SMILES string of the molecule is CN1CCN(c2nc(-c3cccc(C(F)(F)F)c3)c(-c3ncncc3C3CCCC3)s2)CC1. The smallest absolute Gasteiger partial charge is 0.345 e. The van der Waals surface area contributed by atoms with Gasteiger partial charge in [0, 0.05) is 43.5 Å². The van der Waals surface area contributed by atoms with Gasteiger partial charge in [0.15, 0.2) is 5.13 Å². The molecular formula is C24H26F3N5S. The largest absolute Gasteiger partial charge is 0.416 e. The lowest BCUT2D eigenvalue weighted by Crippen LogP contribution is -2.44. The number of anilines is 1. The minimum Gasteiger partial charge on any atom is -0.345 e. The third kappa shape index (κ3) is 4.61. The van der Waals surface area contributed by atoms with Crippen LogP contribution in [-0.2, 0) is 6.18 Å². The van der Waals surface area contributed by atoms with Crippen LogP contribution >= 0.6 is 11.3 Å². The quantitative estimate of drug-likeness (QED) is 0.487. The van der Waals surface area contributed by atoms with Crippen LogP contribution in [0.3, 0.4) is 0 Å². The van der Waals surface area contributed by atoms with Crippen molar-refractivity contribution in [2.45, 2.75) is 37.8 Å². The molecule has 0 amide bonds. The number of thiazole rings is 1. The molecule has 1 saturated heterocycles. The highest BCUT2D eigenvalue weighted by Gasteiger charge is 2.32. The molecule has 174 valence electrons. The number of alkyl halides is 3. The van der Waals surface area contributed by atoms with Gasteiger partial charge < -0.3 is 9.80 Å². The van der Waals surface area contributed by atoms with Crippen LogP contribution < -0.4 is 4.90 Å². The average molecular weight is 474 g/mol. The van der Waals surface area contributed by atoms with E-state index in [4.69, 9.17) is 4.98 Å². The molecule has 0 spiro atoms. The normalized spacial score (nSPS) is 18.2. The van der Waals surface area contributed by atoms with Crippen molar-refractivity contribution in [3.8, 4) is 21.8 Å². The first-order valence-electron chi connectivity index (χ1n) is 11.3. The van der Waals surface area contributed by atoms with E-state index in [1.807, 2.05) is 6.20 Å². The van der Waals surface area contributed by atoms with Gasteiger partial charge in [-0.05, 0) is 37.9 Å². The molecule has 2 aromatic heterocycles. The van der Waals surface area contributed by atoms with Gasteiger partial charge in [0.2, 0.25) is 0 Å². The van der Waals surface area contributed by atoms with E-state index in [9.17, 15) is 13.2 Å². The highest BCUT2D eigenvalue weighted by atomic mass is 32.1. The molecule has 1 saturated carbocycles. The summed E-state index contributed by atoms with van der Waals surface area (Å²) in [6.07, 6.45) is 3.52. The molecule has 0 bridgehead atoms. The molecule has 1 aliphatic carbocycles. The number of hydrogen-bond donors (Lipinski definition) is 0. The van der Waals surface area contributed by atoms with E-state index in [2.05, 4.69) is 26.8 Å². The molecule has 2 aliphatic rings. The predicted octanol–water partition coefficient (Wildman–Crippen LogP) is 5.70. The molecule has 0 radical (unpaired) electrons. The van der Waals surface area contributed by atoms with Crippen molar-refractivity contribution in [1.29, 1.82) is 0 Å². The molecule has 0 N–H and O–H groups in total. The highest BCUT2D eigenvalue weighted by Crippen LogP contribution is 2.45. The van der Waals surface area contributed by atoms with Crippen molar-refractivity contribution >= 4 is 16.5 Å². The number of hydrogen-bond acceptors (Lipinski definition) is 6. The van der Waals surface area contributed by atoms with Crippen LogP contribution in [0.1, 0.15) is 42.7 Å². The topological polar surface area (TPSA) is 45.2 Å². The van der Waals surface area contributed by atoms with Gasteiger partial charge in [0.1, 0.15) is 6.33 Å². The first-order valence-corrected chi connectivity index (χ1v) is 12.1. The third-order valence-corrected chi connectivity index (χ3v) is 7.73. The van der Waals surface area contributed by atoms with Crippen molar-refractivity contribution in [1.82, 2.24) is 19.9 Å². The van der Waals surface area contributed by atoms with E-state index in [1.165, 1.54) is 42.6 Å². The zero-order valence-corrected chi connectivity index (χ0v) is 19.3. The van der Waals surface area contributed by atoms with Crippen molar-refractivity contribution in [3.63, 3.8) is 0 Å². The number of halogens is 3. The van der Waals surface area contributed by atoms with E-state index < -0.39 is 11.7 Å². The number of nitrogens with zero attached hydrogens (tertiary/aromatic N) is 5. The van der Waals surface area contributed by atoms with Crippen LogP contribution in [0.2, 0.25) is 0 Å². The summed E-state index contributed by atoms with van der Waals surface area (Å²) in [5.41, 5.74) is 2.25. The van der Waals surface area contributed by atoms with Gasteiger partial charge in [-0.25, -0.2) is 15.0 Å². The number of likely N-dealkylation sites (N-methyl/N-ethyl adjacent to an activating group) is 1. The van der Waals surface area contributed by atoms with Gasteiger partial charge in [0.05, 0.1) is 21.8 Å². The Balaban J connectivity index is 1.63. The van der Waals surface area contributed by atoms with Crippen LogP contribution in [0.15, 0.2) is 36.8 Å². The maximum Gasteiger partial charge on any atom is 0.416 e. The Labute approximate surface area is 195 Å². The highest BCUT2D eigenvalue weighted by molar-refractivity contribution is 7.19. The number of piperazine rings is 1. The number of benzene rings is 1. The molecule has 0 atom stereocenters. The van der Waals surface area contributed by atoms with Crippen LogP contribution in [0.5, 0.6) is 0 Å². The molecule has 3 aromatic rings. The summed E-state index contributed by atoms with van der Waals surface area (Å²) in [6.45, 7) is 3.53. The lowest BCUT2D eigenvalue weighted by atomic mass is 9.95. The number of rotatable bonds is 4. The molecule has 1 aromatic carbocycles. The zero-order chi connectivity index (χ0) is 23.0. The monoisotopic (exact) mass is 473 g/mol. The van der Waals surface area contributed by atoms with E-state index in [1.54, 1.807) is 6.07 Å². The Morgan fingerprint density at radius 1 is 1.03 bits per heavy atom. The van der Waals surface area contributed by atoms with Gasteiger partial charge >= 0.3 is 6.18 Å². The maximum atomic E-state index is 13.5. The van der Waals surface area contributed by atoms with Crippen molar-refractivity contribution in [2.24, 2.45) is 0 Å². The van der Waals surface area contributed by atoms with Crippen LogP contribution in [0.4, 0.5) is 18.3 Å². The second-order valence-electron chi connectivity index (χ2n) is 8.85. The Morgan fingerprint density at radius 3 is 2.52 bits per heavy atom. The zero-order valence-electron chi connectivity index (χ0n) is 18.5. The lowest BCUT2D eigenvalue weighted by molar-refractivity contribution is -0.137. The summed E-state index contributed by atoms with van der Waals surface area (Å²) in [6, 6.07) is 5.46. The predicted molar refractivity (Wildman–Crippen MR) is 124 cm³/mol. The van der Waals surface area contributed by atoms with Gasteiger partial charge in [-0.1, -0.05) is 36.3 Å². The van der Waals surface area contributed by atoms with Gasteiger partial charge in [-0.2, -0.15) is 13.2 Å². The second kappa shape index (κ2) is 9.02. The minimum atomic E-state index is -4.41. The molecule has 2 fully saturated rings. The Hall–Kier alpha value is -2.52. The molecule has 3 heterocycles. The molecule has 33 heavy (non-hydrogen) atoms. The standard InChI is InChI=1S/C24H26F3N5S/c1-31-9-11-32(12-10-31)23-30-20(17-7-4-8-18(13-17)24(25,26)27)22(33-23)21-19(14-28-15-29-21)16-5-2-3-6-16/h4,7-8,13-16H,2-3,5-6,9-12H2,1H3. The van der Waals surface area contributed by atoms with E-state index in [0.717, 1.165) is 66.4 Å². The van der Waals surface area contributed by atoms with Gasteiger partial charge in [-0.3, -0.25) is 0 Å². The van der Waals surface area contributed by atoms with E-state index >= 15 is 0 Å². The Morgan fingerprint density at radius 2 is 1.79 bits per heavy atom. The first kappa shape index (κ1) is 22.3. The molecule has 0 unspecified atom stereocenters. The molecule has 1 aliphatic heterocycles. The Kier molecular flexibility index (Phi) is 6.09. The van der Waals surface area contributed by atoms with E-state index in [0.29, 0.717) is 17.2 Å². The van der Waals surface area contributed by atoms with Crippen molar-refractivity contribution in [2.75, 3.05) is 38.1 Å². The summed E-state index contributed by atoms with van der Waals surface area (Å²) in [7, 11) is 2.09. The first-order chi connectivity index (χ1) is 15.9. The van der Waals surface area contributed by atoms with Gasteiger partial charge in [-0.15, -0.1) is 0 Å². The van der Waals surface area contributed by atoms with Crippen molar-refractivity contribution < 1.29 is 13.2 Å². The summed E-state index contributed by atoms with van der Waals surface area (Å²) in [5, 5.41) is 0.835. The summed E-state index contributed by atoms with van der Waals surface area (Å²) in [4.78, 5) is 19.1. The minimum absolute atomic E-state index is 0.379. The molecule has 9 heteroatoms. The Bertz CT molecular complexity index is 1120. The fourth-order valence-electron chi connectivity index (χ4n) is 4.71. The molecule has 5 rings (SSSR count). The van der Waals surface area contributed by atoms with E-state index in [-0.39, 0.29) is 0 Å². The summed E-state index contributed by atoms with van der Waals surface area (Å²) in [5.74, 6) is 0.379. The van der Waals surface area contributed by atoms with Gasteiger partial charge in [0.25, 0.3) is 0 Å². The average Bonchev–Trinajstić information content (AvgIpc) is 3.50. The van der Waals surface area contributed by atoms with Crippen LogP contribution in [0, 0.1) is 0 Å². The maximum absolute atomic E-state index is 13.5. The molecular weight excluding hydrogens is 447 g/mol. The third-order valence-electron chi connectivity index (χ3n) is 6.60. The summed E-state index contributed by atoms with van der Waals surface area (Å²) < 4.78 is 40.4. The second-order valence-corrected chi connectivity index (χ2v) is 9.83. The number of aromatic nitrogens is 3. The fourth-order valence-corrected chi connectivity index (χ4v) is 5.87. The lowest BCUT2D eigenvalue weighted by Gasteiger charge is -2.32. The summed E-state index contributed by atoms with van der Waals surface area (Å²) >= 11 is 1.53. The fraction of sp³-hybridized carbons (Fsp3) is 0.458. The van der Waals surface area contributed by atoms with Crippen LogP contribution in [-0.4, -0.2) is 53.1 Å².